The molecule has 0 bridgehead atoms. The Morgan fingerprint density at radius 3 is 2.22 bits per heavy atom. The van der Waals surface area contributed by atoms with Crippen molar-refractivity contribution < 1.29 is 13.2 Å². The molecule has 1 heterocycles. The lowest BCUT2D eigenvalue weighted by Crippen LogP contribution is -2.36. The number of halogens is 1. The zero-order chi connectivity index (χ0) is 25.6. The van der Waals surface area contributed by atoms with Gasteiger partial charge in [0, 0.05) is 31.7 Å². The monoisotopic (exact) mass is 548 g/mol. The van der Waals surface area contributed by atoms with Gasteiger partial charge >= 0.3 is 0 Å². The zero-order valence-corrected chi connectivity index (χ0v) is 23.3. The van der Waals surface area contributed by atoms with Gasteiger partial charge in [0.15, 0.2) is 5.13 Å². The van der Waals surface area contributed by atoms with Crippen LogP contribution in [-0.2, 0) is 16.4 Å². The highest BCUT2D eigenvalue weighted by molar-refractivity contribution is 7.89. The van der Waals surface area contributed by atoms with Crippen LogP contribution in [0.25, 0.3) is 10.2 Å². The van der Waals surface area contributed by atoms with Crippen molar-refractivity contribution in [2.45, 2.75) is 18.2 Å². The quantitative estimate of drug-likeness (QED) is 0.302. The van der Waals surface area contributed by atoms with Crippen LogP contribution < -0.4 is 4.90 Å². The Morgan fingerprint density at radius 2 is 1.67 bits per heavy atom. The molecule has 0 aliphatic rings. The third-order valence-corrected chi connectivity index (χ3v) is 8.39. The average molecular weight is 549 g/mol. The summed E-state index contributed by atoms with van der Waals surface area (Å²) in [6.07, 6.45) is 3.99. The number of anilines is 1. The fraction of sp³-hybridized carbons (Fsp3) is 0.308. The van der Waals surface area contributed by atoms with E-state index in [0.29, 0.717) is 23.8 Å². The largest absolute Gasteiger partial charge is 0.308 e. The first-order chi connectivity index (χ1) is 16.7. The first-order valence-electron chi connectivity index (χ1n) is 11.4. The Balaban J connectivity index is 0.00000456. The number of thiazole rings is 1. The van der Waals surface area contributed by atoms with E-state index < -0.39 is 10.0 Å². The minimum absolute atomic E-state index is 0. The van der Waals surface area contributed by atoms with Gasteiger partial charge in [0.1, 0.15) is 0 Å². The number of fused-ring (bicyclic) bond motifs is 1. The number of hydrogen-bond acceptors (Lipinski definition) is 6. The Labute approximate surface area is 224 Å². The minimum Gasteiger partial charge on any atom is -0.308 e. The Kier molecular flexibility index (Phi) is 10.8. The van der Waals surface area contributed by atoms with E-state index in [2.05, 4.69) is 32.2 Å². The number of sulfonamides is 1. The smallest absolute Gasteiger partial charge is 0.260 e. The highest BCUT2D eigenvalue weighted by Gasteiger charge is 2.25. The van der Waals surface area contributed by atoms with Crippen molar-refractivity contribution in [1.82, 2.24) is 14.2 Å². The van der Waals surface area contributed by atoms with E-state index in [1.54, 1.807) is 17.0 Å². The topological polar surface area (TPSA) is 73.8 Å². The Bertz CT molecular complexity index is 1290. The van der Waals surface area contributed by atoms with Crippen LogP contribution in [0.5, 0.6) is 0 Å². The fourth-order valence-corrected chi connectivity index (χ4v) is 5.94. The van der Waals surface area contributed by atoms with Crippen molar-refractivity contribution in [1.29, 1.82) is 0 Å². The van der Waals surface area contributed by atoms with E-state index in [1.165, 1.54) is 45.5 Å². The lowest BCUT2D eigenvalue weighted by Gasteiger charge is -2.22. The summed E-state index contributed by atoms with van der Waals surface area (Å²) in [5.74, 6) is -0.223. The molecule has 1 aromatic heterocycles. The van der Waals surface area contributed by atoms with E-state index in [-0.39, 0.29) is 36.3 Å². The van der Waals surface area contributed by atoms with Gasteiger partial charge < -0.3 is 4.90 Å². The van der Waals surface area contributed by atoms with E-state index in [4.69, 9.17) is 4.98 Å². The van der Waals surface area contributed by atoms with E-state index in [1.807, 2.05) is 25.1 Å². The lowest BCUT2D eigenvalue weighted by atomic mass is 10.2. The molecule has 10 heteroatoms. The molecule has 0 aliphatic carbocycles. The summed E-state index contributed by atoms with van der Waals surface area (Å²) in [5.41, 5.74) is 2.48. The lowest BCUT2D eigenvalue weighted by molar-refractivity contribution is 0.0985. The van der Waals surface area contributed by atoms with Crippen molar-refractivity contribution in [2.75, 3.05) is 45.2 Å². The molecule has 2 aromatic carbocycles. The number of nitrogens with zero attached hydrogens (tertiary/aromatic N) is 4. The molecule has 36 heavy (non-hydrogen) atoms. The van der Waals surface area contributed by atoms with Crippen LogP contribution in [0.2, 0.25) is 0 Å². The molecule has 0 fully saturated rings. The van der Waals surface area contributed by atoms with Gasteiger partial charge in [-0.25, -0.2) is 13.4 Å². The third-order valence-electron chi connectivity index (χ3n) is 5.50. The second-order valence-electron chi connectivity index (χ2n) is 8.34. The molecule has 0 atom stereocenters. The van der Waals surface area contributed by atoms with Crippen LogP contribution in [0, 0.1) is 0 Å². The van der Waals surface area contributed by atoms with Crippen LogP contribution >= 0.6 is 23.7 Å². The maximum Gasteiger partial charge on any atom is 0.260 e. The summed E-state index contributed by atoms with van der Waals surface area (Å²) < 4.78 is 28.3. The summed E-state index contributed by atoms with van der Waals surface area (Å²) in [6, 6.07) is 12.2. The summed E-state index contributed by atoms with van der Waals surface area (Å²) in [4.78, 5) is 22.1. The number of rotatable bonds is 12. The van der Waals surface area contributed by atoms with Gasteiger partial charge in [-0.3, -0.25) is 9.69 Å². The highest BCUT2D eigenvalue weighted by Crippen LogP contribution is 2.31. The van der Waals surface area contributed by atoms with Crippen molar-refractivity contribution >= 4 is 55.0 Å². The van der Waals surface area contributed by atoms with Crippen molar-refractivity contribution in [3.8, 4) is 0 Å². The number of hydrogen-bond donors (Lipinski definition) is 0. The van der Waals surface area contributed by atoms with Gasteiger partial charge in [-0.05, 0) is 62.5 Å². The molecule has 1 amide bonds. The molecule has 0 saturated carbocycles. The number of carbonyl (C=O) groups excluding carboxylic acids is 1. The van der Waals surface area contributed by atoms with E-state index >= 15 is 0 Å². The molecule has 0 spiro atoms. The van der Waals surface area contributed by atoms with Crippen LogP contribution in [0.4, 0.5) is 5.13 Å². The molecular weight excluding hydrogens is 516 g/mol. The van der Waals surface area contributed by atoms with Gasteiger partial charge in [0.05, 0.1) is 15.1 Å². The molecule has 7 nitrogen and oxygen atoms in total. The first kappa shape index (κ1) is 29.7. The number of carbonyl (C=O) groups is 1. The van der Waals surface area contributed by atoms with Crippen molar-refractivity contribution in [3.63, 3.8) is 0 Å². The highest BCUT2D eigenvalue weighted by atomic mass is 35.5. The summed E-state index contributed by atoms with van der Waals surface area (Å²) in [6.45, 7) is 10.8. The predicted octanol–water partition coefficient (Wildman–Crippen LogP) is 4.85. The van der Waals surface area contributed by atoms with Gasteiger partial charge in [0.25, 0.3) is 5.91 Å². The van der Waals surface area contributed by atoms with Gasteiger partial charge in [-0.1, -0.05) is 36.5 Å². The summed E-state index contributed by atoms with van der Waals surface area (Å²) in [7, 11) is 0.165. The maximum atomic E-state index is 13.5. The van der Waals surface area contributed by atoms with Gasteiger partial charge in [-0.15, -0.1) is 25.6 Å². The number of likely N-dealkylation sites (N-methyl/N-ethyl adjacent to an activating group) is 1. The SMILES string of the molecule is C=CCN(CC=C)S(=O)(=O)c1ccc(C(=O)N(CCN(C)C)c2nc3ccc(CC)cc3s2)cc1.Cl. The standard InChI is InChI=1S/C26H32N4O3S2.ClH/c1-6-15-29(16-7-2)35(32,33)22-12-10-21(11-13-22)25(31)30(18-17-28(4)5)26-27-23-14-9-20(8-3)19-24(23)34-26;/h6-7,9-14,19H,1-2,8,15-18H2,3-5H3;1H. The summed E-state index contributed by atoms with van der Waals surface area (Å²) >= 11 is 1.49. The van der Waals surface area contributed by atoms with E-state index in [9.17, 15) is 13.2 Å². The van der Waals surface area contributed by atoms with Gasteiger partial charge in [0.2, 0.25) is 10.0 Å². The van der Waals surface area contributed by atoms with Crippen molar-refractivity contribution in [3.05, 3.63) is 78.9 Å². The van der Waals surface area contributed by atoms with Crippen LogP contribution in [-0.4, -0.2) is 68.8 Å². The Morgan fingerprint density at radius 1 is 1.03 bits per heavy atom. The van der Waals surface area contributed by atoms with Crippen LogP contribution in [0.3, 0.4) is 0 Å². The molecule has 3 rings (SSSR count). The fourth-order valence-electron chi connectivity index (χ4n) is 3.51. The van der Waals surface area contributed by atoms with Crippen LogP contribution in [0.15, 0.2) is 72.7 Å². The third kappa shape index (κ3) is 6.80. The number of aromatic nitrogens is 1. The minimum atomic E-state index is -3.74. The van der Waals surface area contributed by atoms with Gasteiger partial charge in [-0.2, -0.15) is 4.31 Å². The zero-order valence-electron chi connectivity index (χ0n) is 20.9. The molecule has 0 unspecified atom stereocenters. The number of benzene rings is 2. The number of amides is 1. The van der Waals surface area contributed by atoms with Crippen LogP contribution in [0.1, 0.15) is 22.8 Å². The second kappa shape index (κ2) is 13.1. The molecule has 0 radical (unpaired) electrons. The maximum absolute atomic E-state index is 13.5. The summed E-state index contributed by atoms with van der Waals surface area (Å²) in [5, 5.41) is 0.625. The van der Waals surface area contributed by atoms with E-state index in [0.717, 1.165) is 16.6 Å². The number of aryl methyl sites for hydroxylation is 1. The molecule has 0 aliphatic heterocycles. The Hall–Kier alpha value is -2.56. The normalized spacial score (nSPS) is 11.5. The van der Waals surface area contributed by atoms with Crippen molar-refractivity contribution in [2.24, 2.45) is 0 Å². The molecule has 194 valence electrons. The molecule has 0 saturated heterocycles. The molecule has 0 N–H and O–H groups in total. The molecular formula is C26H33ClN4O3S2. The second-order valence-corrected chi connectivity index (χ2v) is 11.3. The first-order valence-corrected chi connectivity index (χ1v) is 13.6. The predicted molar refractivity (Wildman–Crippen MR) is 152 cm³/mol. The average Bonchev–Trinajstić information content (AvgIpc) is 3.26. The molecule has 3 aromatic rings.